The first-order valence-corrected chi connectivity index (χ1v) is 6.59. The van der Waals surface area contributed by atoms with Crippen molar-refractivity contribution in [2.75, 3.05) is 6.26 Å². The van der Waals surface area contributed by atoms with Gasteiger partial charge < -0.3 is 5.11 Å². The van der Waals surface area contributed by atoms with E-state index in [-0.39, 0.29) is 6.61 Å². The Hall–Kier alpha value is -0.220. The van der Waals surface area contributed by atoms with Crippen LogP contribution in [0.4, 0.5) is 0 Å². The van der Waals surface area contributed by atoms with E-state index in [0.29, 0.717) is 0 Å². The molecule has 0 saturated carbocycles. The molecule has 0 amide bonds. The molecular weight excluding hydrogens is 236 g/mol. The summed E-state index contributed by atoms with van der Waals surface area (Å²) in [4.78, 5) is 1.14. The zero-order valence-corrected chi connectivity index (χ0v) is 9.97. The minimum absolute atomic E-state index is 0.0925. The van der Waals surface area contributed by atoms with Crippen LogP contribution in [0.3, 0.4) is 0 Å². The fraction of sp³-hybridized carbons (Fsp3) is 0.200. The van der Waals surface area contributed by atoms with Gasteiger partial charge in [-0.15, -0.1) is 23.1 Å². The standard InChI is InChI=1S/C10H9ClOS2/c1-13-8-2-7(11)3-9-10(8)6(4-12)5-14-9/h2-3,5,12H,4H2,1H3. The van der Waals surface area contributed by atoms with Crippen molar-refractivity contribution in [3.05, 3.63) is 28.1 Å². The van der Waals surface area contributed by atoms with Crippen molar-refractivity contribution in [2.45, 2.75) is 11.5 Å². The molecule has 0 unspecified atom stereocenters. The van der Waals surface area contributed by atoms with Gasteiger partial charge in [0.2, 0.25) is 0 Å². The molecule has 74 valence electrons. The topological polar surface area (TPSA) is 20.2 Å². The number of thioether (sulfide) groups is 1. The summed E-state index contributed by atoms with van der Waals surface area (Å²) in [7, 11) is 0. The Kier molecular flexibility index (Phi) is 3.02. The van der Waals surface area contributed by atoms with E-state index in [1.165, 1.54) is 0 Å². The van der Waals surface area contributed by atoms with Crippen LogP contribution in [-0.4, -0.2) is 11.4 Å². The molecule has 0 saturated heterocycles. The second-order valence-electron chi connectivity index (χ2n) is 2.90. The summed E-state index contributed by atoms with van der Waals surface area (Å²) in [5.41, 5.74) is 0.992. The predicted octanol–water partition coefficient (Wildman–Crippen LogP) is 3.77. The zero-order valence-electron chi connectivity index (χ0n) is 7.58. The minimum Gasteiger partial charge on any atom is -0.392 e. The van der Waals surface area contributed by atoms with E-state index in [2.05, 4.69) is 0 Å². The summed E-state index contributed by atoms with van der Waals surface area (Å²) in [5.74, 6) is 0. The fourth-order valence-corrected chi connectivity index (χ4v) is 3.56. The van der Waals surface area contributed by atoms with E-state index < -0.39 is 0 Å². The lowest BCUT2D eigenvalue weighted by molar-refractivity contribution is 0.283. The first kappa shape index (κ1) is 10.3. The van der Waals surface area contributed by atoms with Crippen LogP contribution >= 0.6 is 34.7 Å². The van der Waals surface area contributed by atoms with Crippen LogP contribution in [0.5, 0.6) is 0 Å². The average molecular weight is 245 g/mol. The maximum Gasteiger partial charge on any atom is 0.0696 e. The number of thiophene rings is 1. The lowest BCUT2D eigenvalue weighted by Gasteiger charge is -2.02. The average Bonchev–Trinajstić information content (AvgIpc) is 2.59. The Morgan fingerprint density at radius 2 is 2.29 bits per heavy atom. The van der Waals surface area contributed by atoms with E-state index in [1.54, 1.807) is 23.1 Å². The number of halogens is 1. The Morgan fingerprint density at radius 3 is 2.93 bits per heavy atom. The molecule has 1 nitrogen and oxygen atoms in total. The molecule has 14 heavy (non-hydrogen) atoms. The minimum atomic E-state index is 0.0925. The second kappa shape index (κ2) is 4.11. The molecule has 0 spiro atoms. The monoisotopic (exact) mass is 244 g/mol. The van der Waals surface area contributed by atoms with E-state index in [0.717, 1.165) is 25.6 Å². The zero-order chi connectivity index (χ0) is 10.1. The Morgan fingerprint density at radius 1 is 1.50 bits per heavy atom. The molecule has 1 heterocycles. The highest BCUT2D eigenvalue weighted by atomic mass is 35.5. The molecule has 0 fully saturated rings. The molecular formula is C10H9ClOS2. The summed E-state index contributed by atoms with van der Waals surface area (Å²) >= 11 is 9.27. The normalized spacial score (nSPS) is 11.1. The number of rotatable bonds is 2. The van der Waals surface area contributed by atoms with Crippen LogP contribution in [0.2, 0.25) is 5.02 Å². The molecule has 2 rings (SSSR count). The van der Waals surface area contributed by atoms with Gasteiger partial charge in [0.15, 0.2) is 0 Å². The van der Waals surface area contributed by atoms with Gasteiger partial charge in [0.25, 0.3) is 0 Å². The predicted molar refractivity (Wildman–Crippen MR) is 64.5 cm³/mol. The molecule has 0 aliphatic rings. The van der Waals surface area contributed by atoms with Crippen molar-refractivity contribution in [3.63, 3.8) is 0 Å². The molecule has 0 aliphatic heterocycles. The first-order chi connectivity index (χ1) is 6.76. The van der Waals surface area contributed by atoms with Crippen LogP contribution in [0.25, 0.3) is 10.1 Å². The van der Waals surface area contributed by atoms with Crippen molar-refractivity contribution in [2.24, 2.45) is 0 Å². The lowest BCUT2D eigenvalue weighted by atomic mass is 10.2. The van der Waals surface area contributed by atoms with E-state index >= 15 is 0 Å². The first-order valence-electron chi connectivity index (χ1n) is 4.10. The van der Waals surface area contributed by atoms with E-state index in [1.807, 2.05) is 23.8 Å². The van der Waals surface area contributed by atoms with Gasteiger partial charge in [-0.05, 0) is 29.3 Å². The quantitative estimate of drug-likeness (QED) is 0.812. The number of hydrogen-bond acceptors (Lipinski definition) is 3. The summed E-state index contributed by atoms with van der Waals surface area (Å²) in [5, 5.41) is 13.1. The maximum absolute atomic E-state index is 9.18. The third kappa shape index (κ3) is 1.65. The lowest BCUT2D eigenvalue weighted by Crippen LogP contribution is -1.81. The van der Waals surface area contributed by atoms with Gasteiger partial charge in [-0.2, -0.15) is 0 Å². The Bertz CT molecular complexity index is 464. The van der Waals surface area contributed by atoms with Crippen LogP contribution in [0.1, 0.15) is 5.56 Å². The van der Waals surface area contributed by atoms with Gasteiger partial charge in [0.05, 0.1) is 6.61 Å². The van der Waals surface area contributed by atoms with Crippen molar-refractivity contribution in [1.29, 1.82) is 0 Å². The summed E-state index contributed by atoms with van der Waals surface area (Å²) < 4.78 is 1.14. The van der Waals surface area contributed by atoms with E-state index in [9.17, 15) is 5.11 Å². The highest BCUT2D eigenvalue weighted by Crippen LogP contribution is 2.36. The maximum atomic E-state index is 9.18. The van der Waals surface area contributed by atoms with Gasteiger partial charge in [0, 0.05) is 20.0 Å². The summed E-state index contributed by atoms with van der Waals surface area (Å²) in [6.45, 7) is 0.0925. The third-order valence-corrected chi connectivity index (χ3v) is 4.03. The van der Waals surface area contributed by atoms with Crippen molar-refractivity contribution in [3.8, 4) is 0 Å². The number of hydrogen-bond donors (Lipinski definition) is 1. The molecule has 0 aliphatic carbocycles. The largest absolute Gasteiger partial charge is 0.392 e. The van der Waals surface area contributed by atoms with Crippen molar-refractivity contribution in [1.82, 2.24) is 0 Å². The SMILES string of the molecule is CSc1cc(Cl)cc2scc(CO)c12. The molecule has 1 N–H and O–H groups in total. The smallest absolute Gasteiger partial charge is 0.0696 e. The molecule has 1 aromatic heterocycles. The Balaban J connectivity index is 2.78. The summed E-state index contributed by atoms with van der Waals surface area (Å²) in [6, 6.07) is 3.89. The number of benzene rings is 1. The van der Waals surface area contributed by atoms with Gasteiger partial charge in [0.1, 0.15) is 0 Å². The number of aliphatic hydroxyl groups excluding tert-OH is 1. The van der Waals surface area contributed by atoms with Gasteiger partial charge in [-0.1, -0.05) is 11.6 Å². The molecule has 2 aromatic rings. The van der Waals surface area contributed by atoms with Crippen LogP contribution in [0.15, 0.2) is 22.4 Å². The molecule has 0 bridgehead atoms. The molecule has 4 heteroatoms. The van der Waals surface area contributed by atoms with Crippen molar-refractivity contribution < 1.29 is 5.11 Å². The molecule has 0 atom stereocenters. The van der Waals surface area contributed by atoms with E-state index in [4.69, 9.17) is 11.6 Å². The summed E-state index contributed by atoms with van der Waals surface area (Å²) in [6.07, 6.45) is 2.02. The molecule has 1 aromatic carbocycles. The molecule has 0 radical (unpaired) electrons. The second-order valence-corrected chi connectivity index (χ2v) is 5.10. The van der Waals surface area contributed by atoms with Gasteiger partial charge >= 0.3 is 0 Å². The Labute approximate surface area is 95.7 Å². The fourth-order valence-electron chi connectivity index (χ4n) is 1.44. The van der Waals surface area contributed by atoms with Crippen LogP contribution in [0, 0.1) is 0 Å². The number of aliphatic hydroxyl groups is 1. The highest BCUT2D eigenvalue weighted by molar-refractivity contribution is 7.98. The van der Waals surface area contributed by atoms with Gasteiger partial charge in [-0.25, -0.2) is 0 Å². The van der Waals surface area contributed by atoms with Crippen molar-refractivity contribution >= 4 is 44.8 Å². The highest BCUT2D eigenvalue weighted by Gasteiger charge is 2.08. The number of fused-ring (bicyclic) bond motifs is 1. The third-order valence-electron chi connectivity index (χ3n) is 2.07. The van der Waals surface area contributed by atoms with Gasteiger partial charge in [-0.3, -0.25) is 0 Å². The van der Waals surface area contributed by atoms with Crippen LogP contribution in [-0.2, 0) is 6.61 Å². The van der Waals surface area contributed by atoms with Crippen LogP contribution < -0.4 is 0 Å².